The summed E-state index contributed by atoms with van der Waals surface area (Å²) in [6.07, 6.45) is 2.23. The summed E-state index contributed by atoms with van der Waals surface area (Å²) in [5.74, 6) is 0.808. The number of benzene rings is 1. The average molecular weight is 277 g/mol. The summed E-state index contributed by atoms with van der Waals surface area (Å²) in [5, 5.41) is 9.17. The van der Waals surface area contributed by atoms with Gasteiger partial charge in [0.05, 0.1) is 6.61 Å². The van der Waals surface area contributed by atoms with E-state index in [1.807, 2.05) is 37.8 Å². The molecule has 1 aliphatic rings. The van der Waals surface area contributed by atoms with Crippen LogP contribution in [-0.2, 0) is 11.4 Å². The zero-order valence-electron chi connectivity index (χ0n) is 12.5. The van der Waals surface area contributed by atoms with Gasteiger partial charge < -0.3 is 14.7 Å². The van der Waals surface area contributed by atoms with Crippen LogP contribution in [0.4, 0.5) is 0 Å². The first-order chi connectivity index (χ1) is 9.56. The predicted molar refractivity (Wildman–Crippen MR) is 77.7 cm³/mol. The molecule has 1 aliphatic carbocycles. The molecule has 1 saturated carbocycles. The van der Waals surface area contributed by atoms with Gasteiger partial charge in [0, 0.05) is 12.6 Å². The number of aliphatic hydroxyl groups is 1. The van der Waals surface area contributed by atoms with Crippen molar-refractivity contribution in [3.63, 3.8) is 0 Å². The van der Waals surface area contributed by atoms with Crippen molar-refractivity contribution < 1.29 is 14.6 Å². The average Bonchev–Trinajstić information content (AvgIpc) is 3.23. The van der Waals surface area contributed by atoms with E-state index in [0.29, 0.717) is 6.04 Å². The molecular formula is C16H23NO3. The summed E-state index contributed by atoms with van der Waals surface area (Å²) in [4.78, 5) is 14.0. The van der Waals surface area contributed by atoms with E-state index in [1.54, 1.807) is 0 Å². The third-order valence-electron chi connectivity index (χ3n) is 3.69. The van der Waals surface area contributed by atoms with Crippen molar-refractivity contribution >= 4 is 5.91 Å². The maximum Gasteiger partial charge on any atom is 0.260 e. The molecule has 0 bridgehead atoms. The minimum atomic E-state index is 0.0200. The maximum absolute atomic E-state index is 12.1. The van der Waals surface area contributed by atoms with Crippen molar-refractivity contribution in [3.05, 3.63) is 28.8 Å². The second-order valence-corrected chi connectivity index (χ2v) is 5.42. The fourth-order valence-corrected chi connectivity index (χ4v) is 2.60. The molecule has 1 N–H and O–H groups in total. The number of ether oxygens (including phenoxy) is 1. The third-order valence-corrected chi connectivity index (χ3v) is 3.69. The molecule has 0 aromatic heterocycles. The van der Waals surface area contributed by atoms with Crippen LogP contribution in [0.15, 0.2) is 12.1 Å². The van der Waals surface area contributed by atoms with Gasteiger partial charge in [0.15, 0.2) is 6.61 Å². The molecule has 0 unspecified atom stereocenters. The molecule has 0 aliphatic heterocycles. The van der Waals surface area contributed by atoms with Crippen molar-refractivity contribution in [3.8, 4) is 5.75 Å². The molecule has 0 saturated heterocycles. The third kappa shape index (κ3) is 3.31. The van der Waals surface area contributed by atoms with E-state index in [-0.39, 0.29) is 19.1 Å². The Balaban J connectivity index is 2.01. The van der Waals surface area contributed by atoms with E-state index >= 15 is 0 Å². The SMILES string of the molecule is CCN(C(=O)COc1c(C)cc(CO)cc1C)C1CC1. The number of hydrogen-bond donors (Lipinski definition) is 1. The number of aryl methyl sites for hydroxylation is 2. The van der Waals surface area contributed by atoms with Crippen LogP contribution in [0.2, 0.25) is 0 Å². The Morgan fingerprint density at radius 3 is 2.40 bits per heavy atom. The normalized spacial score (nSPS) is 14.2. The summed E-state index contributed by atoms with van der Waals surface area (Å²) >= 11 is 0. The number of carbonyl (C=O) groups excluding carboxylic acids is 1. The summed E-state index contributed by atoms with van der Waals surface area (Å²) in [6.45, 7) is 6.72. The van der Waals surface area contributed by atoms with E-state index in [2.05, 4.69) is 0 Å². The second kappa shape index (κ2) is 6.27. The number of hydrogen-bond acceptors (Lipinski definition) is 3. The molecule has 0 spiro atoms. The second-order valence-electron chi connectivity index (χ2n) is 5.42. The number of carbonyl (C=O) groups is 1. The number of likely N-dealkylation sites (N-methyl/N-ethyl adjacent to an activating group) is 1. The highest BCUT2D eigenvalue weighted by Gasteiger charge is 2.31. The first-order valence-electron chi connectivity index (χ1n) is 7.20. The molecule has 1 aromatic rings. The smallest absolute Gasteiger partial charge is 0.260 e. The maximum atomic E-state index is 12.1. The van der Waals surface area contributed by atoms with E-state index in [1.165, 1.54) is 0 Å². The zero-order chi connectivity index (χ0) is 14.7. The number of amides is 1. The Morgan fingerprint density at radius 2 is 1.95 bits per heavy atom. The summed E-state index contributed by atoms with van der Waals surface area (Å²) in [7, 11) is 0. The van der Waals surface area contributed by atoms with Gasteiger partial charge in [-0.3, -0.25) is 4.79 Å². The molecule has 1 fully saturated rings. The van der Waals surface area contributed by atoms with E-state index < -0.39 is 0 Å². The largest absolute Gasteiger partial charge is 0.483 e. The summed E-state index contributed by atoms with van der Waals surface area (Å²) in [5.41, 5.74) is 2.78. The fraction of sp³-hybridized carbons (Fsp3) is 0.562. The van der Waals surface area contributed by atoms with Gasteiger partial charge in [-0.05, 0) is 50.3 Å². The van der Waals surface area contributed by atoms with Gasteiger partial charge in [0.1, 0.15) is 5.75 Å². The van der Waals surface area contributed by atoms with Crippen LogP contribution in [0.5, 0.6) is 5.75 Å². The fourth-order valence-electron chi connectivity index (χ4n) is 2.60. The molecule has 4 heteroatoms. The minimum absolute atomic E-state index is 0.0200. The van der Waals surface area contributed by atoms with E-state index in [9.17, 15) is 4.79 Å². The minimum Gasteiger partial charge on any atom is -0.483 e. The molecule has 0 radical (unpaired) electrons. The molecule has 4 nitrogen and oxygen atoms in total. The lowest BCUT2D eigenvalue weighted by Gasteiger charge is -2.21. The Morgan fingerprint density at radius 1 is 1.35 bits per heavy atom. The van der Waals surface area contributed by atoms with Crippen LogP contribution in [-0.4, -0.2) is 35.1 Å². The van der Waals surface area contributed by atoms with Crippen LogP contribution in [0.3, 0.4) is 0 Å². The Labute approximate surface area is 120 Å². The van der Waals surface area contributed by atoms with Gasteiger partial charge in [-0.15, -0.1) is 0 Å². The van der Waals surface area contributed by atoms with E-state index in [4.69, 9.17) is 9.84 Å². The van der Waals surface area contributed by atoms with Crippen LogP contribution < -0.4 is 4.74 Å². The standard InChI is InChI=1S/C16H23NO3/c1-4-17(14-5-6-14)15(19)10-20-16-11(2)7-13(9-18)8-12(16)3/h7-8,14,18H,4-6,9-10H2,1-3H3. The number of nitrogens with zero attached hydrogens (tertiary/aromatic N) is 1. The van der Waals surface area contributed by atoms with Gasteiger partial charge in [0.25, 0.3) is 5.91 Å². The Kier molecular flexibility index (Phi) is 4.65. The molecule has 1 amide bonds. The van der Waals surface area contributed by atoms with E-state index in [0.717, 1.165) is 41.8 Å². The van der Waals surface area contributed by atoms with Gasteiger partial charge >= 0.3 is 0 Å². The summed E-state index contributed by atoms with van der Waals surface area (Å²) < 4.78 is 5.72. The lowest BCUT2D eigenvalue weighted by Crippen LogP contribution is -2.36. The van der Waals surface area contributed by atoms with Crippen LogP contribution in [0.25, 0.3) is 0 Å². The van der Waals surface area contributed by atoms with Crippen molar-refractivity contribution in [2.45, 2.75) is 46.3 Å². The van der Waals surface area contributed by atoms with Crippen LogP contribution in [0, 0.1) is 13.8 Å². The predicted octanol–water partition coefficient (Wildman–Crippen LogP) is 2.19. The topological polar surface area (TPSA) is 49.8 Å². The molecule has 0 atom stereocenters. The Bertz CT molecular complexity index is 471. The molecule has 2 rings (SSSR count). The monoisotopic (exact) mass is 277 g/mol. The molecule has 110 valence electrons. The lowest BCUT2D eigenvalue weighted by molar-refractivity contribution is -0.133. The number of rotatable bonds is 6. The van der Waals surface area contributed by atoms with Gasteiger partial charge in [-0.1, -0.05) is 12.1 Å². The quantitative estimate of drug-likeness (QED) is 0.867. The van der Waals surface area contributed by atoms with Crippen molar-refractivity contribution in [2.75, 3.05) is 13.2 Å². The highest BCUT2D eigenvalue weighted by Crippen LogP contribution is 2.28. The highest BCUT2D eigenvalue weighted by molar-refractivity contribution is 5.78. The van der Waals surface area contributed by atoms with Crippen LogP contribution in [0.1, 0.15) is 36.5 Å². The van der Waals surface area contributed by atoms with Crippen LogP contribution >= 0.6 is 0 Å². The molecule has 20 heavy (non-hydrogen) atoms. The van der Waals surface area contributed by atoms with Gasteiger partial charge in [0.2, 0.25) is 0 Å². The zero-order valence-corrected chi connectivity index (χ0v) is 12.5. The van der Waals surface area contributed by atoms with Crippen molar-refractivity contribution in [1.82, 2.24) is 4.90 Å². The molecule has 1 aromatic carbocycles. The first kappa shape index (κ1) is 14.9. The van der Waals surface area contributed by atoms with Gasteiger partial charge in [-0.25, -0.2) is 0 Å². The van der Waals surface area contributed by atoms with Gasteiger partial charge in [-0.2, -0.15) is 0 Å². The first-order valence-corrected chi connectivity index (χ1v) is 7.20. The van der Waals surface area contributed by atoms with Crippen molar-refractivity contribution in [2.24, 2.45) is 0 Å². The lowest BCUT2D eigenvalue weighted by atomic mass is 10.1. The molecule has 0 heterocycles. The highest BCUT2D eigenvalue weighted by atomic mass is 16.5. The molecular weight excluding hydrogens is 254 g/mol. The number of aliphatic hydroxyl groups excluding tert-OH is 1. The summed E-state index contributed by atoms with van der Waals surface area (Å²) in [6, 6.07) is 4.21. The van der Waals surface area contributed by atoms with Crippen molar-refractivity contribution in [1.29, 1.82) is 0 Å². The Hall–Kier alpha value is -1.55.